The summed E-state index contributed by atoms with van der Waals surface area (Å²) >= 11 is 2.04. The fraction of sp³-hybridized carbons (Fsp3) is 0.562. The van der Waals surface area contributed by atoms with Gasteiger partial charge in [0.15, 0.2) is 0 Å². The minimum Gasteiger partial charge on any atom is -0.330 e. The molecule has 0 bridgehead atoms. The SMILES string of the molecule is NCCCC(=O)Nc1ccc(CCN2CCSCC2)cc1. The smallest absolute Gasteiger partial charge is 0.224 e. The van der Waals surface area contributed by atoms with Gasteiger partial charge in [-0.3, -0.25) is 4.79 Å². The second-order valence-electron chi connectivity index (χ2n) is 5.34. The van der Waals surface area contributed by atoms with E-state index < -0.39 is 0 Å². The van der Waals surface area contributed by atoms with E-state index in [-0.39, 0.29) is 5.91 Å². The fourth-order valence-corrected chi connectivity index (χ4v) is 3.33. The van der Waals surface area contributed by atoms with Crippen LogP contribution in [0.5, 0.6) is 0 Å². The van der Waals surface area contributed by atoms with Gasteiger partial charge in [-0.2, -0.15) is 11.8 Å². The van der Waals surface area contributed by atoms with Crippen molar-refractivity contribution in [1.29, 1.82) is 0 Å². The number of carbonyl (C=O) groups excluding carboxylic acids is 1. The fourth-order valence-electron chi connectivity index (χ4n) is 2.35. The summed E-state index contributed by atoms with van der Waals surface area (Å²) in [5.74, 6) is 2.56. The van der Waals surface area contributed by atoms with Crippen LogP contribution in [0.4, 0.5) is 5.69 Å². The van der Waals surface area contributed by atoms with Crippen LogP contribution in [0, 0.1) is 0 Å². The molecule has 1 saturated heterocycles. The highest BCUT2D eigenvalue weighted by Gasteiger charge is 2.09. The number of hydrogen-bond donors (Lipinski definition) is 2. The van der Waals surface area contributed by atoms with Gasteiger partial charge >= 0.3 is 0 Å². The number of thioether (sulfide) groups is 1. The molecule has 0 atom stereocenters. The van der Waals surface area contributed by atoms with Crippen molar-refractivity contribution in [2.45, 2.75) is 19.3 Å². The quantitative estimate of drug-likeness (QED) is 0.808. The van der Waals surface area contributed by atoms with Crippen molar-refractivity contribution in [2.75, 3.05) is 43.0 Å². The number of anilines is 1. The van der Waals surface area contributed by atoms with Gasteiger partial charge in [-0.25, -0.2) is 0 Å². The number of nitrogens with zero attached hydrogens (tertiary/aromatic N) is 1. The molecule has 0 radical (unpaired) electrons. The second-order valence-corrected chi connectivity index (χ2v) is 6.57. The number of rotatable bonds is 7. The lowest BCUT2D eigenvalue weighted by atomic mass is 10.1. The van der Waals surface area contributed by atoms with Crippen LogP contribution >= 0.6 is 11.8 Å². The molecule has 1 aromatic rings. The lowest BCUT2D eigenvalue weighted by Gasteiger charge is -2.26. The summed E-state index contributed by atoms with van der Waals surface area (Å²) in [6.07, 6.45) is 2.30. The van der Waals surface area contributed by atoms with Gasteiger partial charge < -0.3 is 16.0 Å². The molecule has 0 aromatic heterocycles. The summed E-state index contributed by atoms with van der Waals surface area (Å²) in [6, 6.07) is 8.19. The molecule has 4 nitrogen and oxygen atoms in total. The molecule has 0 aliphatic carbocycles. The number of nitrogens with two attached hydrogens (primary N) is 1. The number of nitrogens with one attached hydrogen (secondary N) is 1. The summed E-state index contributed by atoms with van der Waals surface area (Å²) in [5, 5.41) is 2.90. The minimum atomic E-state index is 0.0408. The Morgan fingerprint density at radius 3 is 2.62 bits per heavy atom. The van der Waals surface area contributed by atoms with Gasteiger partial charge in [0.1, 0.15) is 0 Å². The third-order valence-corrected chi connectivity index (χ3v) is 4.61. The largest absolute Gasteiger partial charge is 0.330 e. The van der Waals surface area contributed by atoms with Crippen molar-refractivity contribution in [1.82, 2.24) is 4.90 Å². The normalized spacial score (nSPS) is 15.9. The third-order valence-electron chi connectivity index (χ3n) is 3.67. The summed E-state index contributed by atoms with van der Waals surface area (Å²) in [5.41, 5.74) is 7.60. The Hall–Kier alpha value is -1.04. The molecular formula is C16H25N3OS. The van der Waals surface area contributed by atoms with Gasteiger partial charge in [0.25, 0.3) is 0 Å². The number of amides is 1. The molecule has 1 aliphatic heterocycles. The first kappa shape index (κ1) is 16.3. The number of carbonyl (C=O) groups is 1. The Labute approximate surface area is 131 Å². The highest BCUT2D eigenvalue weighted by atomic mass is 32.2. The van der Waals surface area contributed by atoms with E-state index in [2.05, 4.69) is 22.3 Å². The standard InChI is InChI=1S/C16H25N3OS/c17-8-1-2-16(20)18-15-5-3-14(4-6-15)7-9-19-10-12-21-13-11-19/h3-6H,1-2,7-13,17H2,(H,18,20). The van der Waals surface area contributed by atoms with E-state index in [1.165, 1.54) is 30.2 Å². The highest BCUT2D eigenvalue weighted by Crippen LogP contribution is 2.13. The van der Waals surface area contributed by atoms with Crippen molar-refractivity contribution in [3.63, 3.8) is 0 Å². The van der Waals surface area contributed by atoms with Gasteiger partial charge in [-0.15, -0.1) is 0 Å². The molecule has 1 aliphatic rings. The summed E-state index contributed by atoms with van der Waals surface area (Å²) in [4.78, 5) is 14.1. The maximum atomic E-state index is 11.6. The van der Waals surface area contributed by atoms with Crippen LogP contribution in [0.1, 0.15) is 18.4 Å². The van der Waals surface area contributed by atoms with Crippen LogP contribution in [0.2, 0.25) is 0 Å². The van der Waals surface area contributed by atoms with Crippen LogP contribution < -0.4 is 11.1 Å². The van der Waals surface area contributed by atoms with E-state index in [1.54, 1.807) is 0 Å². The average molecular weight is 307 g/mol. The molecular weight excluding hydrogens is 282 g/mol. The molecule has 1 heterocycles. The number of hydrogen-bond acceptors (Lipinski definition) is 4. The van der Waals surface area contributed by atoms with Gasteiger partial charge in [-0.1, -0.05) is 12.1 Å². The minimum absolute atomic E-state index is 0.0408. The van der Waals surface area contributed by atoms with Crippen molar-refractivity contribution in [2.24, 2.45) is 5.73 Å². The predicted octanol–water partition coefficient (Wildman–Crippen LogP) is 1.96. The van der Waals surface area contributed by atoms with Crippen molar-refractivity contribution >= 4 is 23.4 Å². The third kappa shape index (κ3) is 6.08. The van der Waals surface area contributed by atoms with E-state index >= 15 is 0 Å². The maximum absolute atomic E-state index is 11.6. The predicted molar refractivity (Wildman–Crippen MR) is 90.8 cm³/mol. The van der Waals surface area contributed by atoms with Crippen LogP contribution in [0.15, 0.2) is 24.3 Å². The van der Waals surface area contributed by atoms with Crippen molar-refractivity contribution in [3.05, 3.63) is 29.8 Å². The lowest BCUT2D eigenvalue weighted by Crippen LogP contribution is -2.34. The molecule has 3 N–H and O–H groups in total. The molecule has 5 heteroatoms. The maximum Gasteiger partial charge on any atom is 0.224 e. The van der Waals surface area contributed by atoms with E-state index in [0.29, 0.717) is 13.0 Å². The summed E-state index contributed by atoms with van der Waals surface area (Å²) in [7, 11) is 0. The van der Waals surface area contributed by atoms with Gasteiger partial charge in [-0.05, 0) is 37.1 Å². The molecule has 0 saturated carbocycles. The zero-order valence-electron chi connectivity index (χ0n) is 12.5. The second kappa shape index (κ2) is 9.07. The average Bonchev–Trinajstić information content (AvgIpc) is 2.53. The molecule has 0 unspecified atom stereocenters. The molecule has 0 spiro atoms. The first-order valence-corrected chi connectivity index (χ1v) is 8.82. The van der Waals surface area contributed by atoms with Gasteiger partial charge in [0.2, 0.25) is 5.91 Å². The summed E-state index contributed by atoms with van der Waals surface area (Å²) < 4.78 is 0. The molecule has 1 fully saturated rings. The van der Waals surface area contributed by atoms with Crippen molar-refractivity contribution in [3.8, 4) is 0 Å². The first-order valence-electron chi connectivity index (χ1n) is 7.67. The zero-order chi connectivity index (χ0) is 14.9. The first-order chi connectivity index (χ1) is 10.3. The molecule has 1 amide bonds. The van der Waals surface area contributed by atoms with E-state index in [1.807, 2.05) is 23.9 Å². The van der Waals surface area contributed by atoms with Crippen LogP contribution in [-0.4, -0.2) is 48.5 Å². The Balaban J connectivity index is 1.74. The van der Waals surface area contributed by atoms with Gasteiger partial charge in [0.05, 0.1) is 0 Å². The van der Waals surface area contributed by atoms with Crippen LogP contribution in [-0.2, 0) is 11.2 Å². The molecule has 21 heavy (non-hydrogen) atoms. The number of benzene rings is 1. The van der Waals surface area contributed by atoms with Gasteiger partial charge in [0, 0.05) is 43.2 Å². The molecule has 2 rings (SSSR count). The van der Waals surface area contributed by atoms with Crippen LogP contribution in [0.25, 0.3) is 0 Å². The Bertz CT molecular complexity index is 430. The van der Waals surface area contributed by atoms with Crippen LogP contribution in [0.3, 0.4) is 0 Å². The monoisotopic (exact) mass is 307 g/mol. The van der Waals surface area contributed by atoms with E-state index in [0.717, 1.165) is 25.1 Å². The molecule has 116 valence electrons. The van der Waals surface area contributed by atoms with E-state index in [9.17, 15) is 4.79 Å². The lowest BCUT2D eigenvalue weighted by molar-refractivity contribution is -0.116. The Kier molecular flexibility index (Phi) is 7.06. The summed E-state index contributed by atoms with van der Waals surface area (Å²) in [6.45, 7) is 4.10. The molecule has 1 aromatic carbocycles. The van der Waals surface area contributed by atoms with Crippen molar-refractivity contribution < 1.29 is 4.79 Å². The van der Waals surface area contributed by atoms with E-state index in [4.69, 9.17) is 5.73 Å². The Morgan fingerprint density at radius 2 is 1.95 bits per heavy atom. The topological polar surface area (TPSA) is 58.4 Å². The zero-order valence-corrected chi connectivity index (χ0v) is 13.3. The Morgan fingerprint density at radius 1 is 1.24 bits per heavy atom. The highest BCUT2D eigenvalue weighted by molar-refractivity contribution is 7.99.